The zero-order valence-electron chi connectivity index (χ0n) is 10.8. The molecule has 0 fully saturated rings. The molecule has 18 heavy (non-hydrogen) atoms. The maximum absolute atomic E-state index is 6.22. The van der Waals surface area contributed by atoms with E-state index < -0.39 is 0 Å². The van der Waals surface area contributed by atoms with Crippen molar-refractivity contribution in [2.75, 3.05) is 0 Å². The van der Waals surface area contributed by atoms with Gasteiger partial charge in [0.1, 0.15) is 18.7 Å². The number of aromatic nitrogens is 6. The van der Waals surface area contributed by atoms with E-state index in [2.05, 4.69) is 34.2 Å². The summed E-state index contributed by atoms with van der Waals surface area (Å²) in [5.41, 5.74) is 6.22. The molecule has 2 N–H and O–H groups in total. The van der Waals surface area contributed by atoms with Gasteiger partial charge < -0.3 is 14.9 Å². The highest BCUT2D eigenvalue weighted by molar-refractivity contribution is 5.08. The van der Waals surface area contributed by atoms with Gasteiger partial charge in [0.25, 0.3) is 0 Å². The summed E-state index contributed by atoms with van der Waals surface area (Å²) in [5.74, 6) is 1.48. The van der Waals surface area contributed by atoms with Gasteiger partial charge in [0, 0.05) is 13.1 Å². The van der Waals surface area contributed by atoms with E-state index in [1.54, 1.807) is 12.7 Å². The van der Waals surface area contributed by atoms with Crippen molar-refractivity contribution in [1.82, 2.24) is 29.5 Å². The highest BCUT2D eigenvalue weighted by Crippen LogP contribution is 2.15. The van der Waals surface area contributed by atoms with Crippen LogP contribution in [0.15, 0.2) is 12.7 Å². The van der Waals surface area contributed by atoms with E-state index in [1.807, 2.05) is 9.13 Å². The van der Waals surface area contributed by atoms with Gasteiger partial charge in [-0.2, -0.15) is 0 Å². The van der Waals surface area contributed by atoms with Gasteiger partial charge in [-0.05, 0) is 12.8 Å². The normalized spacial score (nSPS) is 11.3. The molecule has 0 unspecified atom stereocenters. The van der Waals surface area contributed by atoms with E-state index in [-0.39, 0.29) is 6.04 Å². The lowest BCUT2D eigenvalue weighted by Crippen LogP contribution is -2.22. The maximum atomic E-state index is 6.22. The molecule has 0 aromatic carbocycles. The summed E-state index contributed by atoms with van der Waals surface area (Å²) in [6.45, 7) is 5.93. The van der Waals surface area contributed by atoms with Gasteiger partial charge >= 0.3 is 0 Å². The van der Waals surface area contributed by atoms with Crippen LogP contribution < -0.4 is 5.73 Å². The predicted octanol–water partition coefficient (Wildman–Crippen LogP) is 0.738. The fraction of sp³-hybridized carbons (Fsp3) is 0.636. The largest absolute Gasteiger partial charge is 0.316 e. The molecular weight excluding hydrogens is 230 g/mol. The first-order valence-corrected chi connectivity index (χ1v) is 6.28. The van der Waals surface area contributed by atoms with Crippen molar-refractivity contribution in [1.29, 1.82) is 0 Å². The molecule has 2 rings (SSSR count). The highest BCUT2D eigenvalue weighted by Gasteiger charge is 2.20. The molecule has 0 aliphatic rings. The van der Waals surface area contributed by atoms with Crippen LogP contribution in [0.3, 0.4) is 0 Å². The average Bonchev–Trinajstić information content (AvgIpc) is 2.98. The van der Waals surface area contributed by atoms with E-state index in [1.165, 1.54) is 0 Å². The summed E-state index contributed by atoms with van der Waals surface area (Å²) in [4.78, 5) is 0. The predicted molar refractivity (Wildman–Crippen MR) is 66.7 cm³/mol. The monoisotopic (exact) mass is 249 g/mol. The highest BCUT2D eigenvalue weighted by atomic mass is 15.3. The molecule has 2 aromatic rings. The van der Waals surface area contributed by atoms with Crippen LogP contribution in [0.25, 0.3) is 0 Å². The van der Waals surface area contributed by atoms with E-state index in [9.17, 15) is 0 Å². The van der Waals surface area contributed by atoms with Gasteiger partial charge in [-0.25, -0.2) is 0 Å². The zero-order chi connectivity index (χ0) is 13.0. The fourth-order valence-corrected chi connectivity index (χ4v) is 1.95. The smallest absolute Gasteiger partial charge is 0.157 e. The zero-order valence-corrected chi connectivity index (χ0v) is 10.8. The lowest BCUT2D eigenvalue weighted by Gasteiger charge is -2.13. The van der Waals surface area contributed by atoms with Crippen molar-refractivity contribution < 1.29 is 0 Å². The first-order valence-electron chi connectivity index (χ1n) is 6.28. The molecule has 2 aromatic heterocycles. The molecule has 0 amide bonds. The number of rotatable bonds is 6. The lowest BCUT2D eigenvalue weighted by molar-refractivity contribution is 0.563. The van der Waals surface area contributed by atoms with Crippen molar-refractivity contribution in [3.63, 3.8) is 0 Å². The third kappa shape index (κ3) is 2.40. The molecule has 2 heterocycles. The van der Waals surface area contributed by atoms with Gasteiger partial charge in [-0.3, -0.25) is 0 Å². The number of hydrogen-bond donors (Lipinski definition) is 1. The standard InChI is InChI=1S/C11H19N7/c1-3-5-17-7-13-15-10(17)9(12)11-16-14-8-18(11)6-4-2/h7-9H,3-6,12H2,1-2H3. The van der Waals surface area contributed by atoms with Crippen molar-refractivity contribution in [3.05, 3.63) is 24.3 Å². The Morgan fingerprint density at radius 2 is 1.44 bits per heavy atom. The molecule has 0 spiro atoms. The van der Waals surface area contributed by atoms with Gasteiger partial charge in [-0.15, -0.1) is 20.4 Å². The molecule has 0 saturated carbocycles. The summed E-state index contributed by atoms with van der Waals surface area (Å²) < 4.78 is 3.94. The summed E-state index contributed by atoms with van der Waals surface area (Å²) >= 11 is 0. The first kappa shape index (κ1) is 12.7. The molecular formula is C11H19N7. The Balaban J connectivity index is 2.26. The van der Waals surface area contributed by atoms with E-state index >= 15 is 0 Å². The minimum Gasteiger partial charge on any atom is -0.316 e. The van der Waals surface area contributed by atoms with Gasteiger partial charge in [-0.1, -0.05) is 13.8 Å². The summed E-state index contributed by atoms with van der Waals surface area (Å²) in [7, 11) is 0. The van der Waals surface area contributed by atoms with Gasteiger partial charge in [0.05, 0.1) is 0 Å². The molecule has 0 radical (unpaired) electrons. The minimum atomic E-state index is -0.381. The van der Waals surface area contributed by atoms with Crippen molar-refractivity contribution in [2.24, 2.45) is 5.73 Å². The number of hydrogen-bond acceptors (Lipinski definition) is 5. The fourth-order valence-electron chi connectivity index (χ4n) is 1.95. The van der Waals surface area contributed by atoms with Crippen LogP contribution in [0.4, 0.5) is 0 Å². The lowest BCUT2D eigenvalue weighted by atomic mass is 10.2. The molecule has 0 aliphatic heterocycles. The molecule has 0 atom stereocenters. The summed E-state index contributed by atoms with van der Waals surface area (Å²) in [6.07, 6.45) is 5.44. The Morgan fingerprint density at radius 1 is 1.00 bits per heavy atom. The molecule has 98 valence electrons. The second kappa shape index (κ2) is 5.72. The Bertz CT molecular complexity index is 443. The minimum absolute atomic E-state index is 0.381. The van der Waals surface area contributed by atoms with Crippen LogP contribution in [0.1, 0.15) is 44.4 Å². The average molecular weight is 249 g/mol. The van der Waals surface area contributed by atoms with Gasteiger partial charge in [0.15, 0.2) is 11.6 Å². The Labute approximate surface area is 106 Å². The number of nitrogens with zero attached hydrogens (tertiary/aromatic N) is 6. The topological polar surface area (TPSA) is 87.4 Å². The van der Waals surface area contributed by atoms with Crippen molar-refractivity contribution >= 4 is 0 Å². The first-order chi connectivity index (χ1) is 8.77. The van der Waals surface area contributed by atoms with Crippen molar-refractivity contribution in [3.8, 4) is 0 Å². The van der Waals surface area contributed by atoms with Crippen LogP contribution in [-0.4, -0.2) is 29.5 Å². The molecule has 0 aliphatic carbocycles. The quantitative estimate of drug-likeness (QED) is 0.815. The van der Waals surface area contributed by atoms with E-state index in [0.29, 0.717) is 0 Å². The van der Waals surface area contributed by atoms with Crippen LogP contribution in [-0.2, 0) is 13.1 Å². The molecule has 7 nitrogen and oxygen atoms in total. The van der Waals surface area contributed by atoms with Crippen LogP contribution in [0.2, 0.25) is 0 Å². The number of aryl methyl sites for hydroxylation is 2. The molecule has 0 saturated heterocycles. The van der Waals surface area contributed by atoms with Crippen molar-refractivity contribution in [2.45, 2.75) is 45.8 Å². The third-order valence-corrected chi connectivity index (χ3v) is 2.78. The summed E-state index contributed by atoms with van der Waals surface area (Å²) in [6, 6.07) is -0.381. The second-order valence-electron chi connectivity index (χ2n) is 4.24. The second-order valence-corrected chi connectivity index (χ2v) is 4.24. The SMILES string of the molecule is CCCn1cnnc1C(N)c1nncn1CCC. The number of nitrogens with two attached hydrogens (primary N) is 1. The molecule has 0 bridgehead atoms. The Morgan fingerprint density at radius 3 is 1.83 bits per heavy atom. The Kier molecular flexibility index (Phi) is 4.03. The maximum Gasteiger partial charge on any atom is 0.157 e. The van der Waals surface area contributed by atoms with E-state index in [4.69, 9.17) is 5.73 Å². The van der Waals surface area contributed by atoms with Crippen LogP contribution in [0, 0.1) is 0 Å². The third-order valence-electron chi connectivity index (χ3n) is 2.78. The van der Waals surface area contributed by atoms with Gasteiger partial charge in [0.2, 0.25) is 0 Å². The Hall–Kier alpha value is -1.76. The van der Waals surface area contributed by atoms with E-state index in [0.717, 1.165) is 37.6 Å². The van der Waals surface area contributed by atoms with Crippen LogP contribution in [0.5, 0.6) is 0 Å². The summed E-state index contributed by atoms with van der Waals surface area (Å²) in [5, 5.41) is 16.0. The molecule has 7 heteroatoms. The van der Waals surface area contributed by atoms with Crippen LogP contribution >= 0.6 is 0 Å².